The third-order valence-corrected chi connectivity index (χ3v) is 7.59. The lowest BCUT2D eigenvalue weighted by molar-refractivity contribution is 0.174. The molecule has 37 heavy (non-hydrogen) atoms. The van der Waals surface area contributed by atoms with E-state index in [1.54, 1.807) is 18.3 Å². The first-order valence-corrected chi connectivity index (χ1v) is 13.1. The third kappa shape index (κ3) is 5.56. The van der Waals surface area contributed by atoms with Crippen molar-refractivity contribution in [3.05, 3.63) is 66.2 Å². The fourth-order valence-corrected chi connectivity index (χ4v) is 5.40. The van der Waals surface area contributed by atoms with Crippen molar-refractivity contribution in [3.63, 3.8) is 0 Å². The van der Waals surface area contributed by atoms with Crippen molar-refractivity contribution < 1.29 is 19.0 Å². The van der Waals surface area contributed by atoms with Crippen LogP contribution in [0.15, 0.2) is 54.9 Å². The predicted octanol–water partition coefficient (Wildman–Crippen LogP) is 5.14. The Balaban J connectivity index is 1.17. The van der Waals surface area contributed by atoms with E-state index in [0.29, 0.717) is 18.0 Å². The molecule has 2 aliphatic rings. The minimum atomic E-state index is -0.575. The fraction of sp³-hybridized carbons (Fsp3) is 0.296. The van der Waals surface area contributed by atoms with Crippen LogP contribution in [-0.4, -0.2) is 51.2 Å². The summed E-state index contributed by atoms with van der Waals surface area (Å²) in [6.45, 7) is 2.35. The largest absolute Gasteiger partial charge is 0.453 e. The van der Waals surface area contributed by atoms with Crippen LogP contribution in [0.4, 0.5) is 14.9 Å². The van der Waals surface area contributed by atoms with Gasteiger partial charge in [0.15, 0.2) is 11.6 Å². The van der Waals surface area contributed by atoms with Gasteiger partial charge in [-0.05, 0) is 49.1 Å². The maximum absolute atomic E-state index is 14.8. The smallest absolute Gasteiger partial charge is 0.319 e. The number of fused-ring (bicyclic) bond motifs is 1. The number of benzene rings is 1. The van der Waals surface area contributed by atoms with Crippen LogP contribution < -0.4 is 15.4 Å². The van der Waals surface area contributed by atoms with Gasteiger partial charge in [-0.2, -0.15) is 0 Å². The summed E-state index contributed by atoms with van der Waals surface area (Å²) >= 11 is 1.48. The second-order valence-corrected chi connectivity index (χ2v) is 10.5. The topological polar surface area (TPSA) is 99.6 Å². The number of ether oxygens (including phenoxy) is 1. The number of anilines is 1. The van der Waals surface area contributed by atoms with E-state index < -0.39 is 5.82 Å². The monoisotopic (exact) mass is 519 g/mol. The summed E-state index contributed by atoms with van der Waals surface area (Å²) in [4.78, 5) is 24.2. The van der Waals surface area contributed by atoms with E-state index in [9.17, 15) is 14.3 Å². The number of β-amino-alcohol motifs (C(OH)–C–C–N with tert-alkyl or cyclic N) is 1. The lowest BCUT2D eigenvalue weighted by Gasteiger charge is -2.14. The van der Waals surface area contributed by atoms with Crippen LogP contribution in [0, 0.1) is 5.82 Å². The average Bonchev–Trinajstić information content (AvgIpc) is 3.42. The molecule has 1 aliphatic carbocycles. The van der Waals surface area contributed by atoms with Gasteiger partial charge < -0.3 is 20.5 Å². The van der Waals surface area contributed by atoms with E-state index in [2.05, 4.69) is 31.6 Å². The van der Waals surface area contributed by atoms with Crippen LogP contribution in [-0.2, 0) is 6.54 Å². The number of likely N-dealkylation sites (tertiary alicyclic amines) is 1. The zero-order valence-corrected chi connectivity index (χ0v) is 20.8. The van der Waals surface area contributed by atoms with Crippen molar-refractivity contribution in [2.45, 2.75) is 38.0 Å². The molecule has 6 rings (SSSR count). The summed E-state index contributed by atoms with van der Waals surface area (Å²) in [5.41, 5.74) is 3.02. The van der Waals surface area contributed by atoms with Crippen LogP contribution in [0.5, 0.6) is 11.5 Å². The van der Waals surface area contributed by atoms with Crippen molar-refractivity contribution in [1.82, 2.24) is 20.2 Å². The van der Waals surface area contributed by atoms with E-state index in [0.717, 1.165) is 58.7 Å². The fourth-order valence-electron chi connectivity index (χ4n) is 4.36. The summed E-state index contributed by atoms with van der Waals surface area (Å²) in [6.07, 6.45) is 6.02. The van der Waals surface area contributed by atoms with E-state index in [1.165, 1.54) is 23.5 Å². The van der Waals surface area contributed by atoms with Crippen LogP contribution in [0.25, 0.3) is 20.8 Å². The molecule has 0 radical (unpaired) electrons. The molecule has 0 spiro atoms. The van der Waals surface area contributed by atoms with Gasteiger partial charge in [0.1, 0.15) is 5.75 Å². The molecule has 1 aliphatic heterocycles. The lowest BCUT2D eigenvalue weighted by Crippen LogP contribution is -2.30. The molecule has 8 nitrogen and oxygen atoms in total. The summed E-state index contributed by atoms with van der Waals surface area (Å²) in [7, 11) is 0. The summed E-state index contributed by atoms with van der Waals surface area (Å²) in [5.74, 6) is -0.0182. The number of urea groups is 1. The Morgan fingerprint density at radius 3 is 2.76 bits per heavy atom. The van der Waals surface area contributed by atoms with Crippen molar-refractivity contribution in [2.24, 2.45) is 0 Å². The molecule has 1 saturated heterocycles. The first kappa shape index (κ1) is 23.8. The normalized spacial score (nSPS) is 17.7. The van der Waals surface area contributed by atoms with E-state index >= 15 is 0 Å². The summed E-state index contributed by atoms with van der Waals surface area (Å²) < 4.78 is 21.5. The zero-order valence-electron chi connectivity index (χ0n) is 20.0. The van der Waals surface area contributed by atoms with Crippen molar-refractivity contribution in [3.8, 4) is 22.1 Å². The highest BCUT2D eigenvalue weighted by Crippen LogP contribution is 2.39. The number of aliphatic hydroxyl groups is 1. The standard InChI is InChI=1S/C27H26FN5O3S/c28-20-11-18(32-27(35)31-17-2-3-17)4-6-23(20)36-24-7-9-29-22-12-25(37-26(22)24)21-5-1-16(13-30-21)14-33-10-8-19(34)15-33/h1,4-7,9,11-13,17,19,34H,2-3,8,10,14-15H2,(H2,31,32,35)/t19-/m0/s1. The minimum absolute atomic E-state index is 0.0603. The Labute approximate surface area is 217 Å². The second-order valence-electron chi connectivity index (χ2n) is 9.48. The van der Waals surface area contributed by atoms with Gasteiger partial charge in [0.2, 0.25) is 0 Å². The van der Waals surface area contributed by atoms with Gasteiger partial charge in [-0.3, -0.25) is 14.9 Å². The van der Waals surface area contributed by atoms with Crippen LogP contribution in [0.2, 0.25) is 0 Å². The molecule has 190 valence electrons. The van der Waals surface area contributed by atoms with Crippen LogP contribution >= 0.6 is 11.3 Å². The molecule has 1 saturated carbocycles. The zero-order chi connectivity index (χ0) is 25.4. The molecule has 0 bridgehead atoms. The second kappa shape index (κ2) is 10.0. The molecule has 2 amide bonds. The molecular formula is C27H26FN5O3S. The Morgan fingerprint density at radius 2 is 2.03 bits per heavy atom. The molecule has 1 aromatic carbocycles. The SMILES string of the molecule is O=C(Nc1ccc(Oc2ccnc3cc(-c4ccc(CN5CC[C@H](O)C5)cn4)sc23)c(F)c1)NC1CC1. The minimum Gasteiger partial charge on any atom is -0.453 e. The van der Waals surface area contributed by atoms with E-state index in [1.807, 2.05) is 18.3 Å². The van der Waals surface area contributed by atoms with Gasteiger partial charge in [0.05, 0.1) is 26.9 Å². The number of amides is 2. The molecule has 2 fully saturated rings. The molecule has 4 aromatic rings. The molecule has 0 unspecified atom stereocenters. The number of rotatable bonds is 7. The van der Waals surface area contributed by atoms with Gasteiger partial charge in [-0.1, -0.05) is 6.07 Å². The van der Waals surface area contributed by atoms with Crippen molar-refractivity contribution in [2.75, 3.05) is 18.4 Å². The van der Waals surface area contributed by atoms with Crippen molar-refractivity contribution in [1.29, 1.82) is 0 Å². The number of nitrogens with one attached hydrogen (secondary N) is 2. The summed E-state index contributed by atoms with van der Waals surface area (Å²) in [6, 6.07) is 11.9. The number of aromatic nitrogens is 2. The first-order chi connectivity index (χ1) is 18.0. The van der Waals surface area contributed by atoms with Gasteiger partial charge in [0, 0.05) is 55.9 Å². The van der Waals surface area contributed by atoms with Gasteiger partial charge >= 0.3 is 6.03 Å². The Morgan fingerprint density at radius 1 is 1.14 bits per heavy atom. The van der Waals surface area contributed by atoms with Crippen LogP contribution in [0.3, 0.4) is 0 Å². The molecule has 10 heteroatoms. The number of pyridine rings is 2. The number of halogens is 1. The molecule has 4 heterocycles. The maximum Gasteiger partial charge on any atom is 0.319 e. The molecule has 3 N–H and O–H groups in total. The Bertz CT molecular complexity index is 1440. The van der Waals surface area contributed by atoms with E-state index in [-0.39, 0.29) is 23.9 Å². The maximum atomic E-state index is 14.8. The number of hydrogen-bond acceptors (Lipinski definition) is 7. The average molecular weight is 520 g/mol. The highest BCUT2D eigenvalue weighted by atomic mass is 32.1. The quantitative estimate of drug-likeness (QED) is 0.313. The lowest BCUT2D eigenvalue weighted by atomic mass is 10.2. The summed E-state index contributed by atoms with van der Waals surface area (Å²) in [5, 5.41) is 15.2. The number of carbonyl (C=O) groups excluding carboxylic acids is 1. The molecular weight excluding hydrogens is 493 g/mol. The number of thiophene rings is 1. The first-order valence-electron chi connectivity index (χ1n) is 12.3. The Hall–Kier alpha value is -3.60. The third-order valence-electron chi connectivity index (χ3n) is 6.43. The molecule has 3 aromatic heterocycles. The number of hydrogen-bond donors (Lipinski definition) is 3. The van der Waals surface area contributed by atoms with Gasteiger partial charge in [0.25, 0.3) is 0 Å². The predicted molar refractivity (Wildman–Crippen MR) is 140 cm³/mol. The van der Waals surface area contributed by atoms with Gasteiger partial charge in [-0.25, -0.2) is 9.18 Å². The highest BCUT2D eigenvalue weighted by Gasteiger charge is 2.23. The Kier molecular flexibility index (Phi) is 6.45. The van der Waals surface area contributed by atoms with E-state index in [4.69, 9.17) is 4.74 Å². The number of carbonyl (C=O) groups is 1. The van der Waals surface area contributed by atoms with Crippen molar-refractivity contribution >= 4 is 33.3 Å². The van der Waals surface area contributed by atoms with Crippen LogP contribution in [0.1, 0.15) is 24.8 Å². The number of nitrogens with zero attached hydrogens (tertiary/aromatic N) is 3. The number of aliphatic hydroxyl groups excluding tert-OH is 1. The highest BCUT2D eigenvalue weighted by molar-refractivity contribution is 7.22. The molecule has 1 atom stereocenters. The van der Waals surface area contributed by atoms with Gasteiger partial charge in [-0.15, -0.1) is 11.3 Å².